The minimum Gasteiger partial charge on any atom is -0.343 e. The van der Waals surface area contributed by atoms with Gasteiger partial charge in [-0.3, -0.25) is 14.6 Å². The Hall–Kier alpha value is -2.91. The number of benzene rings is 1. The van der Waals surface area contributed by atoms with Gasteiger partial charge in [-0.15, -0.1) is 0 Å². The lowest BCUT2D eigenvalue weighted by Gasteiger charge is -2.32. The lowest BCUT2D eigenvalue weighted by molar-refractivity contribution is -0.137. The summed E-state index contributed by atoms with van der Waals surface area (Å²) in [6, 6.07) is 4.96. The third-order valence-electron chi connectivity index (χ3n) is 5.10. The fourth-order valence-corrected chi connectivity index (χ4v) is 3.49. The van der Waals surface area contributed by atoms with E-state index in [0.717, 1.165) is 18.2 Å². The number of nitrogens with zero attached hydrogens (tertiary/aromatic N) is 2. The predicted octanol–water partition coefficient (Wildman–Crippen LogP) is 3.85. The Kier molecular flexibility index (Phi) is 6.11. The first-order chi connectivity index (χ1) is 14.3. The Labute approximate surface area is 176 Å². The van der Waals surface area contributed by atoms with Gasteiger partial charge in [-0.2, -0.15) is 13.2 Å². The number of hydrogen-bond acceptors (Lipinski definition) is 4. The van der Waals surface area contributed by atoms with Crippen LogP contribution in [-0.2, 0) is 6.18 Å². The summed E-state index contributed by atoms with van der Waals surface area (Å²) in [5, 5.41) is 2.77. The maximum absolute atomic E-state index is 13.5. The molecule has 1 aliphatic rings. The van der Waals surface area contributed by atoms with Gasteiger partial charge >= 0.3 is 6.18 Å². The normalized spacial score (nSPS) is 18.2. The van der Waals surface area contributed by atoms with Crippen LogP contribution in [0.2, 0.25) is 0 Å². The minimum absolute atomic E-state index is 0.0736. The van der Waals surface area contributed by atoms with Gasteiger partial charge in [-0.1, -0.05) is 32.9 Å². The van der Waals surface area contributed by atoms with Crippen molar-refractivity contribution >= 4 is 11.9 Å². The number of aromatic amines is 1. The molecule has 0 radical (unpaired) electrons. The van der Waals surface area contributed by atoms with Crippen LogP contribution in [0.1, 0.15) is 54.8 Å². The molecule has 2 N–H and O–H groups in total. The fourth-order valence-electron chi connectivity index (χ4n) is 3.49. The Balaban J connectivity index is 1.86. The largest absolute Gasteiger partial charge is 0.416 e. The SMILES string of the molecule is CC(C)(C)[C@@H](NC(=O)c1cc(=O)[nH]c(N2CC[C@H](F)C2)n1)c1ccc(C(F)(F)F)cc1. The van der Waals surface area contributed by atoms with E-state index in [4.69, 9.17) is 0 Å². The van der Waals surface area contributed by atoms with Gasteiger partial charge < -0.3 is 10.2 Å². The summed E-state index contributed by atoms with van der Waals surface area (Å²) in [7, 11) is 0. The zero-order chi connectivity index (χ0) is 23.0. The van der Waals surface area contributed by atoms with E-state index >= 15 is 0 Å². The van der Waals surface area contributed by atoms with Crippen molar-refractivity contribution in [2.24, 2.45) is 5.41 Å². The van der Waals surface area contributed by atoms with Crippen LogP contribution in [0.25, 0.3) is 0 Å². The Morgan fingerprint density at radius 1 is 1.23 bits per heavy atom. The molecular formula is C21H24F4N4O2. The summed E-state index contributed by atoms with van der Waals surface area (Å²) >= 11 is 0. The second-order valence-electron chi connectivity index (χ2n) is 8.68. The highest BCUT2D eigenvalue weighted by atomic mass is 19.4. The molecule has 2 heterocycles. The fraction of sp³-hybridized carbons (Fsp3) is 0.476. The molecule has 2 aromatic rings. The van der Waals surface area contributed by atoms with Crippen LogP contribution in [0, 0.1) is 5.41 Å². The van der Waals surface area contributed by atoms with E-state index in [1.54, 1.807) is 4.90 Å². The number of nitrogens with one attached hydrogen (secondary N) is 2. The summed E-state index contributed by atoms with van der Waals surface area (Å²) in [6.07, 6.45) is -5.19. The number of H-pyrrole nitrogens is 1. The Bertz CT molecular complexity index is 996. The van der Waals surface area contributed by atoms with Crippen LogP contribution in [-0.4, -0.2) is 35.1 Å². The number of aromatic nitrogens is 2. The van der Waals surface area contributed by atoms with Crippen molar-refractivity contribution < 1.29 is 22.4 Å². The van der Waals surface area contributed by atoms with Gasteiger partial charge in [-0.05, 0) is 29.5 Å². The number of alkyl halides is 4. The molecule has 2 atom stereocenters. The van der Waals surface area contributed by atoms with Gasteiger partial charge in [0.05, 0.1) is 18.2 Å². The maximum Gasteiger partial charge on any atom is 0.416 e. The van der Waals surface area contributed by atoms with Crippen LogP contribution in [0.4, 0.5) is 23.5 Å². The molecule has 1 aromatic heterocycles. The second-order valence-corrected chi connectivity index (χ2v) is 8.68. The number of halogens is 4. The van der Waals surface area contributed by atoms with Crippen molar-refractivity contribution in [3.8, 4) is 0 Å². The standard InChI is InChI=1S/C21H24F4N4O2/c1-20(2,3)17(12-4-6-13(7-5-12)21(23,24)25)28-18(31)15-10-16(30)27-19(26-15)29-9-8-14(22)11-29/h4-7,10,14,17H,8-9,11H2,1-3H3,(H,28,31)(H,26,27,30)/t14-,17-/m0/s1. The third-order valence-corrected chi connectivity index (χ3v) is 5.10. The van der Waals surface area contributed by atoms with E-state index in [9.17, 15) is 27.2 Å². The number of carbonyl (C=O) groups excluding carboxylic acids is 1. The number of anilines is 1. The Morgan fingerprint density at radius 3 is 2.39 bits per heavy atom. The van der Waals surface area contributed by atoms with Crippen molar-refractivity contribution in [3.05, 3.63) is 57.5 Å². The van der Waals surface area contributed by atoms with Crippen molar-refractivity contribution in [3.63, 3.8) is 0 Å². The molecule has 31 heavy (non-hydrogen) atoms. The molecule has 0 aliphatic carbocycles. The van der Waals surface area contributed by atoms with Gasteiger partial charge in [0.15, 0.2) is 0 Å². The lowest BCUT2D eigenvalue weighted by Crippen LogP contribution is -2.38. The van der Waals surface area contributed by atoms with Crippen molar-refractivity contribution in [1.82, 2.24) is 15.3 Å². The molecule has 0 unspecified atom stereocenters. The van der Waals surface area contributed by atoms with E-state index in [-0.39, 0.29) is 18.2 Å². The second kappa shape index (κ2) is 8.32. The van der Waals surface area contributed by atoms with Crippen molar-refractivity contribution in [1.29, 1.82) is 0 Å². The van der Waals surface area contributed by atoms with Crippen LogP contribution < -0.4 is 15.8 Å². The first-order valence-electron chi connectivity index (χ1n) is 9.83. The zero-order valence-electron chi connectivity index (χ0n) is 17.4. The van der Waals surface area contributed by atoms with E-state index in [2.05, 4.69) is 15.3 Å². The summed E-state index contributed by atoms with van der Waals surface area (Å²) < 4.78 is 52.1. The van der Waals surface area contributed by atoms with Gasteiger partial charge in [0.1, 0.15) is 11.9 Å². The van der Waals surface area contributed by atoms with Crippen LogP contribution in [0.5, 0.6) is 0 Å². The predicted molar refractivity (Wildman–Crippen MR) is 108 cm³/mol. The lowest BCUT2D eigenvalue weighted by atomic mass is 9.82. The quantitative estimate of drug-likeness (QED) is 0.708. The van der Waals surface area contributed by atoms with Gasteiger partial charge in [0.25, 0.3) is 11.5 Å². The third kappa shape index (κ3) is 5.42. The maximum atomic E-state index is 13.5. The van der Waals surface area contributed by atoms with E-state index < -0.39 is 40.8 Å². The van der Waals surface area contributed by atoms with Crippen molar-refractivity contribution in [2.45, 2.75) is 45.6 Å². The summed E-state index contributed by atoms with van der Waals surface area (Å²) in [6.45, 7) is 5.93. The highest BCUT2D eigenvalue weighted by Crippen LogP contribution is 2.35. The molecule has 6 nitrogen and oxygen atoms in total. The molecular weight excluding hydrogens is 416 g/mol. The first kappa shape index (κ1) is 22.8. The van der Waals surface area contributed by atoms with Crippen LogP contribution in [0.15, 0.2) is 35.1 Å². The van der Waals surface area contributed by atoms with Crippen LogP contribution >= 0.6 is 0 Å². The first-order valence-corrected chi connectivity index (χ1v) is 9.83. The van der Waals surface area contributed by atoms with Gasteiger partial charge in [0, 0.05) is 12.6 Å². The number of rotatable bonds is 4. The van der Waals surface area contributed by atoms with Crippen molar-refractivity contribution in [2.75, 3.05) is 18.0 Å². The minimum atomic E-state index is -4.46. The highest BCUT2D eigenvalue weighted by molar-refractivity contribution is 5.92. The molecule has 10 heteroatoms. The topological polar surface area (TPSA) is 78.1 Å². The molecule has 1 fully saturated rings. The Morgan fingerprint density at radius 2 is 1.87 bits per heavy atom. The molecule has 1 aromatic carbocycles. The average molecular weight is 440 g/mol. The summed E-state index contributed by atoms with van der Waals surface area (Å²) in [5.41, 5.74) is -1.55. The van der Waals surface area contributed by atoms with Gasteiger partial charge in [0.2, 0.25) is 5.95 Å². The monoisotopic (exact) mass is 440 g/mol. The van der Waals surface area contributed by atoms with Crippen LogP contribution in [0.3, 0.4) is 0 Å². The van der Waals surface area contributed by atoms with Gasteiger partial charge in [-0.25, -0.2) is 9.37 Å². The molecule has 1 saturated heterocycles. The van der Waals surface area contributed by atoms with E-state index in [1.807, 2.05) is 20.8 Å². The zero-order valence-corrected chi connectivity index (χ0v) is 17.4. The number of hydrogen-bond donors (Lipinski definition) is 2. The molecule has 0 spiro atoms. The number of carbonyl (C=O) groups is 1. The summed E-state index contributed by atoms with van der Waals surface area (Å²) in [5.74, 6) is -0.539. The van der Waals surface area contributed by atoms with E-state index in [1.165, 1.54) is 12.1 Å². The molecule has 0 saturated carbocycles. The molecule has 168 valence electrons. The molecule has 3 rings (SSSR count). The summed E-state index contributed by atoms with van der Waals surface area (Å²) in [4.78, 5) is 33.2. The molecule has 1 aliphatic heterocycles. The highest BCUT2D eigenvalue weighted by Gasteiger charge is 2.33. The molecule has 1 amide bonds. The number of amides is 1. The van der Waals surface area contributed by atoms with E-state index in [0.29, 0.717) is 18.5 Å². The smallest absolute Gasteiger partial charge is 0.343 e. The molecule has 0 bridgehead atoms. The average Bonchev–Trinajstić information content (AvgIpc) is 3.10.